The molecule has 0 bridgehead atoms. The predicted octanol–water partition coefficient (Wildman–Crippen LogP) is 1.25. The maximum Gasteiger partial charge on any atom is 0.253 e. The summed E-state index contributed by atoms with van der Waals surface area (Å²) in [6.07, 6.45) is 6.43. The molecule has 1 fully saturated rings. The molecule has 0 saturated heterocycles. The second-order valence-corrected chi connectivity index (χ2v) is 6.00. The van der Waals surface area contributed by atoms with Gasteiger partial charge in [-0.05, 0) is 31.7 Å². The molecule has 6 heteroatoms. The second-order valence-electron chi connectivity index (χ2n) is 6.00. The Labute approximate surface area is 130 Å². The third kappa shape index (κ3) is 4.34. The molecule has 1 aliphatic carbocycles. The molecule has 22 heavy (non-hydrogen) atoms. The Hall–Kier alpha value is -1.82. The Morgan fingerprint density at radius 1 is 1.41 bits per heavy atom. The number of aromatic amines is 1. The van der Waals surface area contributed by atoms with E-state index in [1.165, 1.54) is 0 Å². The molecule has 1 heterocycles. The average molecular weight is 307 g/mol. The van der Waals surface area contributed by atoms with Gasteiger partial charge < -0.3 is 20.7 Å². The maximum atomic E-state index is 12.3. The van der Waals surface area contributed by atoms with Crippen molar-refractivity contribution >= 4 is 11.8 Å². The van der Waals surface area contributed by atoms with Crippen molar-refractivity contribution in [2.24, 2.45) is 0 Å². The number of unbranched alkanes of at least 4 members (excludes halogenated alkanes) is 1. The molecule has 6 nitrogen and oxygen atoms in total. The zero-order valence-corrected chi connectivity index (χ0v) is 13.2. The highest BCUT2D eigenvalue weighted by molar-refractivity contribution is 5.96. The Morgan fingerprint density at radius 2 is 2.14 bits per heavy atom. The van der Waals surface area contributed by atoms with E-state index in [9.17, 15) is 14.7 Å². The lowest BCUT2D eigenvalue weighted by Crippen LogP contribution is -2.51. The Balaban J connectivity index is 1.99. The summed E-state index contributed by atoms with van der Waals surface area (Å²) in [6, 6.07) is -0.378. The monoisotopic (exact) mass is 307 g/mol. The molecular weight excluding hydrogens is 282 g/mol. The van der Waals surface area contributed by atoms with Crippen molar-refractivity contribution in [2.45, 2.75) is 64.1 Å². The van der Waals surface area contributed by atoms with Crippen LogP contribution >= 0.6 is 0 Å². The van der Waals surface area contributed by atoms with E-state index in [-0.39, 0.29) is 11.9 Å². The summed E-state index contributed by atoms with van der Waals surface area (Å²) < 4.78 is 0. The van der Waals surface area contributed by atoms with Gasteiger partial charge in [-0.15, -0.1) is 0 Å². The molecule has 2 rings (SSSR count). The minimum absolute atomic E-state index is 0.191. The number of H-pyrrole nitrogens is 1. The number of aliphatic hydroxyl groups excluding tert-OH is 1. The topological polar surface area (TPSA) is 94.2 Å². The van der Waals surface area contributed by atoms with Gasteiger partial charge in [-0.25, -0.2) is 0 Å². The predicted molar refractivity (Wildman–Crippen MR) is 83.5 cm³/mol. The van der Waals surface area contributed by atoms with Gasteiger partial charge in [0, 0.05) is 18.4 Å². The molecule has 1 aromatic rings. The minimum atomic E-state index is -1.21. The van der Waals surface area contributed by atoms with Crippen LogP contribution in [0, 0.1) is 6.92 Å². The fraction of sp³-hybridized carbons (Fsp3) is 0.625. The van der Waals surface area contributed by atoms with E-state index in [2.05, 4.69) is 15.6 Å². The lowest BCUT2D eigenvalue weighted by molar-refractivity contribution is -0.130. The van der Waals surface area contributed by atoms with Gasteiger partial charge >= 0.3 is 0 Å². The number of aromatic nitrogens is 1. The van der Waals surface area contributed by atoms with Gasteiger partial charge in [0.05, 0.1) is 11.6 Å². The number of carbonyl (C=O) groups is 2. The summed E-state index contributed by atoms with van der Waals surface area (Å²) in [5.74, 6) is -0.659. The smallest absolute Gasteiger partial charge is 0.253 e. The van der Waals surface area contributed by atoms with E-state index in [1.807, 2.05) is 13.8 Å². The molecule has 1 aliphatic rings. The molecule has 0 radical (unpaired) electrons. The summed E-state index contributed by atoms with van der Waals surface area (Å²) in [4.78, 5) is 27.2. The zero-order valence-electron chi connectivity index (χ0n) is 13.2. The number of hydrogen-bond donors (Lipinski definition) is 4. The SMILES string of the molecule is CCCCC(NC(=O)c1c[nH]cc1C)C(O)C(=O)NC1CC1. The van der Waals surface area contributed by atoms with Crippen LogP contribution in [0.15, 0.2) is 12.4 Å². The van der Waals surface area contributed by atoms with E-state index in [0.717, 1.165) is 31.2 Å². The Kier molecular flexibility index (Phi) is 5.60. The normalized spacial score (nSPS) is 16.9. The Morgan fingerprint density at radius 3 is 2.68 bits per heavy atom. The highest BCUT2D eigenvalue weighted by Gasteiger charge is 2.31. The van der Waals surface area contributed by atoms with Crippen molar-refractivity contribution < 1.29 is 14.7 Å². The summed E-state index contributed by atoms with van der Waals surface area (Å²) in [5.41, 5.74) is 1.37. The standard InChI is InChI=1S/C16H25N3O3/c1-3-4-5-13(14(20)16(22)18-11-6-7-11)19-15(21)12-9-17-8-10(12)2/h8-9,11,13-14,17,20H,3-7H2,1-2H3,(H,18,22)(H,19,21). The number of rotatable bonds is 8. The summed E-state index contributed by atoms with van der Waals surface area (Å²) >= 11 is 0. The molecule has 122 valence electrons. The van der Waals surface area contributed by atoms with Gasteiger partial charge in [0.1, 0.15) is 0 Å². The summed E-state index contributed by atoms with van der Waals surface area (Å²) in [6.45, 7) is 3.87. The van der Waals surface area contributed by atoms with Crippen LogP contribution in [0.5, 0.6) is 0 Å². The van der Waals surface area contributed by atoms with Gasteiger partial charge in [-0.2, -0.15) is 0 Å². The third-order valence-corrected chi connectivity index (χ3v) is 3.96. The Bertz CT molecular complexity index is 522. The number of aryl methyl sites for hydroxylation is 1. The van der Waals surface area contributed by atoms with E-state index in [0.29, 0.717) is 12.0 Å². The number of carbonyl (C=O) groups excluding carboxylic acids is 2. The number of aliphatic hydroxyl groups is 1. The highest BCUT2D eigenvalue weighted by atomic mass is 16.3. The second kappa shape index (κ2) is 7.45. The first-order valence-electron chi connectivity index (χ1n) is 7.95. The summed E-state index contributed by atoms with van der Waals surface area (Å²) in [5, 5.41) is 15.8. The molecular formula is C16H25N3O3. The zero-order chi connectivity index (χ0) is 16.1. The van der Waals surface area contributed by atoms with Crippen LogP contribution in [0.4, 0.5) is 0 Å². The van der Waals surface area contributed by atoms with Gasteiger partial charge in [-0.3, -0.25) is 9.59 Å². The van der Waals surface area contributed by atoms with E-state index >= 15 is 0 Å². The highest BCUT2D eigenvalue weighted by Crippen LogP contribution is 2.19. The molecule has 0 aromatic carbocycles. The number of hydrogen-bond acceptors (Lipinski definition) is 3. The number of nitrogens with one attached hydrogen (secondary N) is 3. The maximum absolute atomic E-state index is 12.3. The fourth-order valence-electron chi connectivity index (χ4n) is 2.36. The molecule has 2 amide bonds. The van der Waals surface area contributed by atoms with Crippen molar-refractivity contribution in [1.82, 2.24) is 15.6 Å². The average Bonchev–Trinajstić information content (AvgIpc) is 3.20. The van der Waals surface area contributed by atoms with Crippen LogP contribution in [-0.4, -0.2) is 40.1 Å². The lowest BCUT2D eigenvalue weighted by atomic mass is 10.0. The molecule has 1 saturated carbocycles. The van der Waals surface area contributed by atoms with Gasteiger partial charge in [-0.1, -0.05) is 19.8 Å². The largest absolute Gasteiger partial charge is 0.381 e. The van der Waals surface area contributed by atoms with Gasteiger partial charge in [0.2, 0.25) is 0 Å². The van der Waals surface area contributed by atoms with Crippen molar-refractivity contribution in [1.29, 1.82) is 0 Å². The van der Waals surface area contributed by atoms with Crippen molar-refractivity contribution in [2.75, 3.05) is 0 Å². The fourth-order valence-corrected chi connectivity index (χ4v) is 2.36. The van der Waals surface area contributed by atoms with Crippen LogP contribution in [0.3, 0.4) is 0 Å². The van der Waals surface area contributed by atoms with Gasteiger partial charge in [0.15, 0.2) is 6.10 Å². The molecule has 2 unspecified atom stereocenters. The first kappa shape index (κ1) is 16.5. The van der Waals surface area contributed by atoms with Crippen LogP contribution < -0.4 is 10.6 Å². The van der Waals surface area contributed by atoms with Crippen LogP contribution in [0.25, 0.3) is 0 Å². The molecule has 0 aliphatic heterocycles. The molecule has 0 spiro atoms. The third-order valence-electron chi connectivity index (χ3n) is 3.96. The molecule has 1 aromatic heterocycles. The molecule has 4 N–H and O–H groups in total. The quantitative estimate of drug-likeness (QED) is 0.582. The van der Waals surface area contributed by atoms with Crippen LogP contribution in [-0.2, 0) is 4.79 Å². The van der Waals surface area contributed by atoms with E-state index in [4.69, 9.17) is 0 Å². The van der Waals surface area contributed by atoms with Crippen molar-refractivity contribution in [3.63, 3.8) is 0 Å². The summed E-state index contributed by atoms with van der Waals surface area (Å²) in [7, 11) is 0. The van der Waals surface area contributed by atoms with Gasteiger partial charge in [0.25, 0.3) is 11.8 Å². The van der Waals surface area contributed by atoms with Crippen LogP contribution in [0.2, 0.25) is 0 Å². The minimum Gasteiger partial charge on any atom is -0.381 e. The molecule has 2 atom stereocenters. The van der Waals surface area contributed by atoms with Crippen molar-refractivity contribution in [3.8, 4) is 0 Å². The van der Waals surface area contributed by atoms with Crippen LogP contribution in [0.1, 0.15) is 54.9 Å². The number of amides is 2. The lowest BCUT2D eigenvalue weighted by Gasteiger charge is -2.23. The first-order chi connectivity index (χ1) is 10.5. The first-order valence-corrected chi connectivity index (χ1v) is 7.95. The van der Waals surface area contributed by atoms with E-state index in [1.54, 1.807) is 12.4 Å². The van der Waals surface area contributed by atoms with E-state index < -0.39 is 18.1 Å². The van der Waals surface area contributed by atoms with Crippen molar-refractivity contribution in [3.05, 3.63) is 23.5 Å².